The number of nitrogens with one attached hydrogen (secondary N) is 1. The maximum atomic E-state index is 12.3. The molecular formula is C18H28N2O3. The lowest BCUT2D eigenvalue weighted by Gasteiger charge is -2.33. The van der Waals surface area contributed by atoms with Gasteiger partial charge in [0.1, 0.15) is 0 Å². The number of methoxy groups -OCH3 is 1. The minimum atomic E-state index is -0.0197. The number of likely N-dealkylation sites (tertiary alicyclic amines) is 1. The van der Waals surface area contributed by atoms with Crippen LogP contribution in [0.3, 0.4) is 0 Å². The van der Waals surface area contributed by atoms with Crippen LogP contribution in [0.2, 0.25) is 0 Å². The van der Waals surface area contributed by atoms with Crippen LogP contribution in [-0.4, -0.2) is 36.2 Å². The van der Waals surface area contributed by atoms with Gasteiger partial charge in [0.25, 0.3) is 0 Å². The predicted octanol–water partition coefficient (Wildman–Crippen LogP) is 3.37. The average Bonchev–Trinajstić information content (AvgIpc) is 2.52. The molecule has 0 bridgehead atoms. The minimum absolute atomic E-state index is 0.0197. The van der Waals surface area contributed by atoms with Crippen LogP contribution in [0.15, 0.2) is 18.2 Å². The van der Waals surface area contributed by atoms with Crippen LogP contribution in [-0.2, 0) is 6.54 Å². The van der Waals surface area contributed by atoms with E-state index in [2.05, 4.69) is 19.2 Å². The average molecular weight is 320 g/mol. The molecule has 2 rings (SSSR count). The number of phenols is 1. The first-order valence-corrected chi connectivity index (χ1v) is 8.38. The monoisotopic (exact) mass is 320 g/mol. The fraction of sp³-hybridized carbons (Fsp3) is 0.611. The van der Waals surface area contributed by atoms with Gasteiger partial charge in [0, 0.05) is 19.6 Å². The summed E-state index contributed by atoms with van der Waals surface area (Å²) in [6, 6.07) is 5.15. The van der Waals surface area contributed by atoms with E-state index in [4.69, 9.17) is 4.74 Å². The smallest absolute Gasteiger partial charge is 0.317 e. The summed E-state index contributed by atoms with van der Waals surface area (Å²) in [5, 5.41) is 12.7. The zero-order valence-electron chi connectivity index (χ0n) is 14.3. The van der Waals surface area contributed by atoms with Crippen molar-refractivity contribution >= 4 is 6.03 Å². The van der Waals surface area contributed by atoms with Crippen LogP contribution < -0.4 is 10.1 Å². The molecule has 1 aliphatic heterocycles. The molecular weight excluding hydrogens is 292 g/mol. The highest BCUT2D eigenvalue weighted by Gasteiger charge is 2.23. The summed E-state index contributed by atoms with van der Waals surface area (Å²) in [4.78, 5) is 14.3. The van der Waals surface area contributed by atoms with Gasteiger partial charge >= 0.3 is 6.03 Å². The molecule has 128 valence electrons. The third kappa shape index (κ3) is 5.05. The summed E-state index contributed by atoms with van der Waals surface area (Å²) in [5.41, 5.74) is 0.854. The van der Waals surface area contributed by atoms with Crippen LogP contribution in [0.25, 0.3) is 0 Å². The standard InChI is InChI=1S/C18H28N2O3/c1-13(2)9-15-5-4-8-20(12-15)18(22)19-11-14-6-7-17(23-3)16(21)10-14/h6-7,10,13,15,21H,4-5,8-9,11-12H2,1-3H3,(H,19,22). The van der Waals surface area contributed by atoms with Crippen molar-refractivity contribution < 1.29 is 14.6 Å². The molecule has 2 N–H and O–H groups in total. The second-order valence-corrected chi connectivity index (χ2v) is 6.75. The van der Waals surface area contributed by atoms with Gasteiger partial charge in [-0.3, -0.25) is 0 Å². The van der Waals surface area contributed by atoms with Crippen molar-refractivity contribution in [2.45, 2.75) is 39.7 Å². The lowest BCUT2D eigenvalue weighted by molar-refractivity contribution is 0.157. The normalized spacial score (nSPS) is 18.1. The minimum Gasteiger partial charge on any atom is -0.504 e. The Labute approximate surface area is 138 Å². The molecule has 1 fully saturated rings. The van der Waals surface area contributed by atoms with E-state index in [1.807, 2.05) is 11.0 Å². The Morgan fingerprint density at radius 2 is 2.26 bits per heavy atom. The summed E-state index contributed by atoms with van der Waals surface area (Å²) < 4.78 is 5.02. The van der Waals surface area contributed by atoms with Gasteiger partial charge in [-0.1, -0.05) is 19.9 Å². The Kier molecular flexibility index (Phi) is 6.13. The zero-order chi connectivity index (χ0) is 16.8. The molecule has 1 aromatic carbocycles. The lowest BCUT2D eigenvalue weighted by Crippen LogP contribution is -2.45. The van der Waals surface area contributed by atoms with Crippen molar-refractivity contribution in [1.82, 2.24) is 10.2 Å². The summed E-state index contributed by atoms with van der Waals surface area (Å²) >= 11 is 0. The maximum absolute atomic E-state index is 12.3. The number of ether oxygens (including phenoxy) is 1. The van der Waals surface area contributed by atoms with E-state index >= 15 is 0 Å². The van der Waals surface area contributed by atoms with Crippen molar-refractivity contribution in [2.24, 2.45) is 11.8 Å². The molecule has 0 saturated carbocycles. The molecule has 1 aromatic rings. The van der Waals surface area contributed by atoms with Gasteiger partial charge in [0.2, 0.25) is 0 Å². The third-order valence-corrected chi connectivity index (χ3v) is 4.30. The number of urea groups is 1. The quantitative estimate of drug-likeness (QED) is 0.874. The van der Waals surface area contributed by atoms with Crippen molar-refractivity contribution in [3.63, 3.8) is 0 Å². The number of hydrogen-bond acceptors (Lipinski definition) is 3. The molecule has 23 heavy (non-hydrogen) atoms. The van der Waals surface area contributed by atoms with Gasteiger partial charge in [-0.15, -0.1) is 0 Å². The van der Waals surface area contributed by atoms with Gasteiger partial charge in [0.15, 0.2) is 11.5 Å². The number of piperidine rings is 1. The van der Waals surface area contributed by atoms with Crippen molar-refractivity contribution in [3.05, 3.63) is 23.8 Å². The number of carbonyl (C=O) groups excluding carboxylic acids is 1. The summed E-state index contributed by atoms with van der Waals surface area (Å²) in [6.45, 7) is 6.54. The first-order valence-electron chi connectivity index (χ1n) is 8.38. The Bertz CT molecular complexity index is 531. The van der Waals surface area contributed by atoms with E-state index in [0.29, 0.717) is 24.1 Å². The summed E-state index contributed by atoms with van der Waals surface area (Å²) in [7, 11) is 1.51. The largest absolute Gasteiger partial charge is 0.504 e. The Hall–Kier alpha value is -1.91. The first kappa shape index (κ1) is 17.4. The van der Waals surface area contributed by atoms with E-state index in [0.717, 1.165) is 25.1 Å². The van der Waals surface area contributed by atoms with Gasteiger partial charge in [0.05, 0.1) is 7.11 Å². The zero-order valence-corrected chi connectivity index (χ0v) is 14.3. The lowest BCUT2D eigenvalue weighted by atomic mass is 9.90. The van der Waals surface area contributed by atoms with Crippen LogP contribution in [0, 0.1) is 11.8 Å². The highest BCUT2D eigenvalue weighted by Crippen LogP contribution is 2.26. The fourth-order valence-corrected chi connectivity index (χ4v) is 3.24. The molecule has 0 radical (unpaired) electrons. The Morgan fingerprint density at radius 1 is 1.48 bits per heavy atom. The maximum Gasteiger partial charge on any atom is 0.317 e. The predicted molar refractivity (Wildman–Crippen MR) is 90.6 cm³/mol. The number of amides is 2. The van der Waals surface area contributed by atoms with Crippen molar-refractivity contribution in [2.75, 3.05) is 20.2 Å². The molecule has 1 saturated heterocycles. The summed E-state index contributed by atoms with van der Waals surface area (Å²) in [5.74, 6) is 1.81. The number of carbonyl (C=O) groups is 1. The highest BCUT2D eigenvalue weighted by molar-refractivity contribution is 5.74. The van der Waals surface area contributed by atoms with E-state index in [-0.39, 0.29) is 11.8 Å². The third-order valence-electron chi connectivity index (χ3n) is 4.30. The number of nitrogens with zero attached hydrogens (tertiary/aromatic N) is 1. The molecule has 1 atom stereocenters. The molecule has 0 aromatic heterocycles. The second-order valence-electron chi connectivity index (χ2n) is 6.75. The van der Waals surface area contributed by atoms with Crippen molar-refractivity contribution in [3.8, 4) is 11.5 Å². The number of benzene rings is 1. The summed E-state index contributed by atoms with van der Waals surface area (Å²) in [6.07, 6.45) is 3.47. The number of hydrogen-bond donors (Lipinski definition) is 2. The van der Waals surface area contributed by atoms with E-state index in [1.165, 1.54) is 20.0 Å². The van der Waals surface area contributed by atoms with E-state index in [1.54, 1.807) is 12.1 Å². The topological polar surface area (TPSA) is 61.8 Å². The molecule has 5 heteroatoms. The molecule has 1 aliphatic rings. The highest BCUT2D eigenvalue weighted by atomic mass is 16.5. The van der Waals surface area contributed by atoms with E-state index in [9.17, 15) is 9.90 Å². The van der Waals surface area contributed by atoms with Gasteiger partial charge < -0.3 is 20.1 Å². The van der Waals surface area contributed by atoms with Crippen molar-refractivity contribution in [1.29, 1.82) is 0 Å². The molecule has 2 amide bonds. The Balaban J connectivity index is 1.85. The molecule has 5 nitrogen and oxygen atoms in total. The number of rotatable bonds is 5. The molecule has 0 aliphatic carbocycles. The van der Waals surface area contributed by atoms with Gasteiger partial charge in [-0.2, -0.15) is 0 Å². The van der Waals surface area contributed by atoms with Crippen LogP contribution in [0.4, 0.5) is 4.79 Å². The number of aromatic hydroxyl groups is 1. The van der Waals surface area contributed by atoms with Gasteiger partial charge in [-0.25, -0.2) is 4.79 Å². The van der Waals surface area contributed by atoms with Crippen LogP contribution >= 0.6 is 0 Å². The number of phenolic OH excluding ortho intramolecular Hbond substituents is 1. The van der Waals surface area contributed by atoms with Crippen LogP contribution in [0.5, 0.6) is 11.5 Å². The Morgan fingerprint density at radius 3 is 2.91 bits per heavy atom. The second kappa shape index (κ2) is 8.09. The SMILES string of the molecule is COc1ccc(CNC(=O)N2CCCC(CC(C)C)C2)cc1O. The van der Waals surface area contributed by atoms with E-state index < -0.39 is 0 Å². The van der Waals surface area contributed by atoms with Crippen LogP contribution in [0.1, 0.15) is 38.7 Å². The molecule has 1 unspecified atom stereocenters. The fourth-order valence-electron chi connectivity index (χ4n) is 3.24. The molecule has 1 heterocycles. The van der Waals surface area contributed by atoms with Gasteiger partial charge in [-0.05, 0) is 48.8 Å². The first-order chi connectivity index (χ1) is 11.0. The molecule has 0 spiro atoms.